The third-order valence-electron chi connectivity index (χ3n) is 11.4. The molecule has 0 N–H and O–H groups in total. The highest BCUT2D eigenvalue weighted by molar-refractivity contribution is 14.2. The van der Waals surface area contributed by atoms with E-state index in [1.165, 1.54) is 86.3 Å². The van der Waals surface area contributed by atoms with Gasteiger partial charge in [-0.1, -0.05) is 53.9 Å². The molecule has 4 heteroatoms. The summed E-state index contributed by atoms with van der Waals surface area (Å²) in [4.78, 5) is 0. The molecule has 4 fully saturated rings. The zero-order valence-corrected chi connectivity index (χ0v) is 25.1. The van der Waals surface area contributed by atoms with Crippen molar-refractivity contribution in [3.05, 3.63) is 0 Å². The van der Waals surface area contributed by atoms with E-state index in [9.17, 15) is 0 Å². The third kappa shape index (κ3) is 5.64. The van der Waals surface area contributed by atoms with Crippen molar-refractivity contribution in [3.8, 4) is 0 Å². The largest absolute Gasteiger partial charge is 0.376 e. The molecule has 4 rings (SSSR count). The van der Waals surface area contributed by atoms with E-state index in [2.05, 4.69) is 55.8 Å². The Bertz CT molecular complexity index is 629. The van der Waals surface area contributed by atoms with E-state index in [-0.39, 0.29) is 0 Å². The van der Waals surface area contributed by atoms with Gasteiger partial charge < -0.3 is 8.92 Å². The van der Waals surface area contributed by atoms with Crippen LogP contribution < -0.4 is 0 Å². The van der Waals surface area contributed by atoms with Gasteiger partial charge in [-0.3, -0.25) is 0 Å². The second kappa shape index (κ2) is 11.6. The maximum Gasteiger partial charge on any atom is 0.0857 e. The van der Waals surface area contributed by atoms with Gasteiger partial charge in [0.2, 0.25) is 0 Å². The maximum absolute atomic E-state index is 6.25. The van der Waals surface area contributed by atoms with E-state index in [0.29, 0.717) is 23.5 Å². The van der Waals surface area contributed by atoms with Crippen LogP contribution in [0.25, 0.3) is 0 Å². The molecule has 4 aliphatic carbocycles. The Kier molecular flexibility index (Phi) is 9.50. The Morgan fingerprint density at radius 3 is 2.39 bits per heavy atom. The molecule has 8 unspecified atom stereocenters. The normalized spacial score (nSPS) is 43.7. The van der Waals surface area contributed by atoms with Gasteiger partial charge in [-0.15, -0.1) is 0 Å². The molecule has 192 valence electrons. The lowest BCUT2D eigenvalue weighted by Crippen LogP contribution is -2.54. The maximum atomic E-state index is 6.25. The minimum Gasteiger partial charge on any atom is -0.376 e. The third-order valence-corrected chi connectivity index (χ3v) is 12.4. The zero-order chi connectivity index (χ0) is 23.6. The summed E-state index contributed by atoms with van der Waals surface area (Å²) in [6.07, 6.45) is 17.8. The van der Waals surface area contributed by atoms with Gasteiger partial charge in [-0.05, 0) is 110 Å². The van der Waals surface area contributed by atoms with Crippen molar-refractivity contribution in [1.29, 1.82) is 0 Å². The van der Waals surface area contributed by atoms with Gasteiger partial charge in [0.15, 0.2) is 0 Å². The molecule has 33 heavy (non-hydrogen) atoms. The van der Waals surface area contributed by atoms with E-state index in [4.69, 9.17) is 8.92 Å². The molecule has 0 aliphatic heterocycles. The number of fused-ring (bicyclic) bond motifs is 5. The van der Waals surface area contributed by atoms with Crippen LogP contribution in [-0.2, 0) is 8.92 Å². The summed E-state index contributed by atoms with van der Waals surface area (Å²) in [5, 5.41) is 0. The molecule has 0 aromatic rings. The molecular formula is C29H51IO2S. The molecule has 0 aromatic carbocycles. The van der Waals surface area contributed by atoms with Gasteiger partial charge in [0.05, 0.1) is 28.5 Å². The van der Waals surface area contributed by atoms with Crippen molar-refractivity contribution in [2.75, 3.05) is 13.2 Å². The molecule has 0 radical (unpaired) electrons. The molecule has 2 nitrogen and oxygen atoms in total. The average molecular weight is 591 g/mol. The first kappa shape index (κ1) is 27.0. The molecule has 9 atom stereocenters. The van der Waals surface area contributed by atoms with Gasteiger partial charge in [0, 0.05) is 21.2 Å². The van der Waals surface area contributed by atoms with Crippen LogP contribution in [0, 0.1) is 52.3 Å². The molecule has 0 amide bonds. The SMILES string of the molecule is CC(C)CCCC(C)C1CCC2C3CCC4C[C@@H](OCCOSI)CCC4(C)C3CCC12C. The molecule has 0 heterocycles. The van der Waals surface area contributed by atoms with Crippen molar-refractivity contribution >= 4 is 30.4 Å². The van der Waals surface area contributed by atoms with E-state index >= 15 is 0 Å². The molecule has 0 spiro atoms. The van der Waals surface area contributed by atoms with E-state index in [1.807, 2.05) is 0 Å². The predicted molar refractivity (Wildman–Crippen MR) is 150 cm³/mol. The first-order valence-corrected chi connectivity index (χ1v) is 17.6. The second-order valence-corrected chi connectivity index (χ2v) is 14.8. The summed E-state index contributed by atoms with van der Waals surface area (Å²) in [5.74, 6) is 6.63. The van der Waals surface area contributed by atoms with Crippen LogP contribution >= 0.6 is 30.4 Å². The highest BCUT2D eigenvalue weighted by Gasteiger charge is 2.60. The number of ether oxygens (including phenoxy) is 1. The summed E-state index contributed by atoms with van der Waals surface area (Å²) >= 11 is 2.19. The van der Waals surface area contributed by atoms with E-state index in [1.54, 1.807) is 0 Å². The minimum absolute atomic E-state index is 0.471. The molecule has 4 aliphatic rings. The summed E-state index contributed by atoms with van der Waals surface area (Å²) in [5.41, 5.74) is 1.19. The Hall–Kier alpha value is 1.00. The van der Waals surface area contributed by atoms with Gasteiger partial charge in [-0.25, -0.2) is 0 Å². The first-order chi connectivity index (χ1) is 15.8. The van der Waals surface area contributed by atoms with Crippen molar-refractivity contribution < 1.29 is 8.92 Å². The quantitative estimate of drug-likeness (QED) is 0.143. The minimum atomic E-state index is 0.471. The number of hydrogen-bond donors (Lipinski definition) is 0. The fraction of sp³-hybridized carbons (Fsp3) is 1.00. The Morgan fingerprint density at radius 2 is 1.64 bits per heavy atom. The van der Waals surface area contributed by atoms with Crippen molar-refractivity contribution in [3.63, 3.8) is 0 Å². The zero-order valence-electron chi connectivity index (χ0n) is 22.1. The fourth-order valence-electron chi connectivity index (χ4n) is 9.67. The topological polar surface area (TPSA) is 18.5 Å². The Labute approximate surface area is 221 Å². The number of rotatable bonds is 10. The van der Waals surface area contributed by atoms with Crippen molar-refractivity contribution in [2.45, 2.75) is 118 Å². The monoisotopic (exact) mass is 590 g/mol. The molecule has 0 saturated heterocycles. The number of halogens is 1. The van der Waals surface area contributed by atoms with Crippen LogP contribution in [0.15, 0.2) is 0 Å². The van der Waals surface area contributed by atoms with Gasteiger partial charge in [-0.2, -0.15) is 0 Å². The summed E-state index contributed by atoms with van der Waals surface area (Å²) in [7, 11) is 1.42. The summed E-state index contributed by atoms with van der Waals surface area (Å²) in [6.45, 7) is 14.3. The van der Waals surface area contributed by atoms with Crippen LogP contribution in [0.4, 0.5) is 0 Å². The van der Waals surface area contributed by atoms with Crippen LogP contribution in [0.3, 0.4) is 0 Å². The lowest BCUT2D eigenvalue weighted by molar-refractivity contribution is -0.137. The standard InChI is InChI=1S/C29H51IO2S/c1-20(2)7-6-8-21(3)25-11-12-26-24-10-9-22-19-23(31-17-18-32-33-30)13-15-28(22,4)27(24)14-16-29(25,26)5/h20-27H,6-19H2,1-5H3/t21?,22?,23-,24?,25?,26?,27?,28?,29?/m0/s1. The fourth-order valence-corrected chi connectivity index (χ4v) is 10.3. The van der Waals surface area contributed by atoms with E-state index < -0.39 is 0 Å². The van der Waals surface area contributed by atoms with Crippen molar-refractivity contribution in [1.82, 2.24) is 0 Å². The Balaban J connectivity index is 1.36. The van der Waals surface area contributed by atoms with Gasteiger partial charge >= 0.3 is 0 Å². The van der Waals surface area contributed by atoms with Crippen LogP contribution in [-0.4, -0.2) is 19.3 Å². The van der Waals surface area contributed by atoms with Crippen LogP contribution in [0.2, 0.25) is 0 Å². The molecule has 4 saturated carbocycles. The lowest BCUT2D eigenvalue weighted by Gasteiger charge is -2.61. The summed E-state index contributed by atoms with van der Waals surface area (Å²) in [6, 6.07) is 0. The van der Waals surface area contributed by atoms with Crippen molar-refractivity contribution in [2.24, 2.45) is 52.3 Å². The molecule has 0 bridgehead atoms. The lowest BCUT2D eigenvalue weighted by atomic mass is 9.44. The average Bonchev–Trinajstić information content (AvgIpc) is 3.14. The van der Waals surface area contributed by atoms with E-state index in [0.717, 1.165) is 48.0 Å². The van der Waals surface area contributed by atoms with Crippen LogP contribution in [0.5, 0.6) is 0 Å². The smallest absolute Gasteiger partial charge is 0.0857 e. The Morgan fingerprint density at radius 1 is 0.879 bits per heavy atom. The first-order valence-electron chi connectivity index (χ1n) is 14.3. The molecule has 0 aromatic heterocycles. The highest BCUT2D eigenvalue weighted by Crippen LogP contribution is 2.68. The van der Waals surface area contributed by atoms with Gasteiger partial charge in [0.1, 0.15) is 0 Å². The van der Waals surface area contributed by atoms with Crippen LogP contribution in [0.1, 0.15) is 112 Å². The highest BCUT2D eigenvalue weighted by atomic mass is 127. The summed E-state index contributed by atoms with van der Waals surface area (Å²) < 4.78 is 11.7. The second-order valence-electron chi connectivity index (χ2n) is 13.3. The molecular weight excluding hydrogens is 539 g/mol. The number of hydrogen-bond acceptors (Lipinski definition) is 3. The predicted octanol–water partition coefficient (Wildman–Crippen LogP) is 9.51. The van der Waals surface area contributed by atoms with Gasteiger partial charge in [0.25, 0.3) is 0 Å².